The van der Waals surface area contributed by atoms with E-state index in [2.05, 4.69) is 15.9 Å². The predicted octanol–water partition coefficient (Wildman–Crippen LogP) is 2.88. The first-order chi connectivity index (χ1) is 7.20. The normalized spacial score (nSPS) is 10.4. The van der Waals surface area contributed by atoms with Gasteiger partial charge in [-0.25, -0.2) is 8.78 Å². The number of methoxy groups -OCH3 is 1. The van der Waals surface area contributed by atoms with E-state index in [0.29, 0.717) is 19.0 Å². The third-order valence-electron chi connectivity index (χ3n) is 1.83. The van der Waals surface area contributed by atoms with Crippen LogP contribution in [0.1, 0.15) is 5.56 Å². The zero-order valence-electron chi connectivity index (χ0n) is 8.23. The van der Waals surface area contributed by atoms with Crippen molar-refractivity contribution in [2.75, 3.05) is 20.3 Å². The molecule has 0 radical (unpaired) electrons. The van der Waals surface area contributed by atoms with E-state index in [9.17, 15) is 8.78 Å². The molecule has 0 saturated carbocycles. The van der Waals surface area contributed by atoms with Crippen molar-refractivity contribution in [3.8, 4) is 5.75 Å². The molecule has 0 heterocycles. The summed E-state index contributed by atoms with van der Waals surface area (Å²) in [6.07, 6.45) is 0. The van der Waals surface area contributed by atoms with Gasteiger partial charge in [0.2, 0.25) is 0 Å². The van der Waals surface area contributed by atoms with Gasteiger partial charge >= 0.3 is 0 Å². The van der Waals surface area contributed by atoms with Gasteiger partial charge in [0, 0.05) is 18.0 Å². The van der Waals surface area contributed by atoms with Crippen molar-refractivity contribution >= 4 is 15.9 Å². The number of hydrogen-bond acceptors (Lipinski definition) is 2. The molecule has 0 spiro atoms. The summed E-state index contributed by atoms with van der Waals surface area (Å²) in [5, 5.41) is 0.207. The van der Waals surface area contributed by atoms with Crippen molar-refractivity contribution in [1.29, 1.82) is 0 Å². The lowest BCUT2D eigenvalue weighted by Crippen LogP contribution is -2.07. The summed E-state index contributed by atoms with van der Waals surface area (Å²) in [5.41, 5.74) is 0.186. The molecule has 0 fully saturated rings. The van der Waals surface area contributed by atoms with Crippen LogP contribution in [-0.4, -0.2) is 20.3 Å². The Kier molecular flexibility index (Phi) is 4.98. The van der Waals surface area contributed by atoms with Crippen molar-refractivity contribution in [1.82, 2.24) is 0 Å². The van der Waals surface area contributed by atoms with Crippen molar-refractivity contribution < 1.29 is 18.3 Å². The molecule has 0 aromatic heterocycles. The Hall–Kier alpha value is -0.680. The van der Waals surface area contributed by atoms with E-state index in [1.54, 1.807) is 7.11 Å². The number of ether oxygens (including phenoxy) is 2. The van der Waals surface area contributed by atoms with Crippen molar-refractivity contribution in [3.63, 3.8) is 0 Å². The van der Waals surface area contributed by atoms with Gasteiger partial charge in [0.25, 0.3) is 0 Å². The molecule has 0 unspecified atom stereocenters. The molecule has 5 heteroatoms. The van der Waals surface area contributed by atoms with E-state index in [0.717, 1.165) is 6.07 Å². The Morgan fingerprint density at radius 2 is 2.00 bits per heavy atom. The fraction of sp³-hybridized carbons (Fsp3) is 0.400. The molecule has 84 valence electrons. The summed E-state index contributed by atoms with van der Waals surface area (Å²) < 4.78 is 36.1. The van der Waals surface area contributed by atoms with E-state index in [1.807, 2.05) is 0 Å². The number of halogens is 3. The summed E-state index contributed by atoms with van der Waals surface area (Å²) in [7, 11) is 1.54. The lowest BCUT2D eigenvalue weighted by atomic mass is 10.2. The van der Waals surface area contributed by atoms with Gasteiger partial charge in [0.1, 0.15) is 12.4 Å². The Labute approximate surface area is 95.3 Å². The average molecular weight is 281 g/mol. The van der Waals surface area contributed by atoms with Crippen LogP contribution in [0.5, 0.6) is 5.75 Å². The van der Waals surface area contributed by atoms with Gasteiger partial charge in [-0.05, 0) is 12.1 Å². The largest absolute Gasteiger partial charge is 0.491 e. The fourth-order valence-electron chi connectivity index (χ4n) is 1.07. The monoisotopic (exact) mass is 280 g/mol. The van der Waals surface area contributed by atoms with E-state index < -0.39 is 11.6 Å². The zero-order chi connectivity index (χ0) is 11.3. The lowest BCUT2D eigenvalue weighted by Gasteiger charge is -2.10. The lowest BCUT2D eigenvalue weighted by molar-refractivity contribution is 0.145. The van der Waals surface area contributed by atoms with E-state index in [1.165, 1.54) is 6.07 Å². The van der Waals surface area contributed by atoms with Crippen LogP contribution in [-0.2, 0) is 10.1 Å². The van der Waals surface area contributed by atoms with Gasteiger partial charge < -0.3 is 9.47 Å². The highest BCUT2D eigenvalue weighted by Crippen LogP contribution is 2.25. The Morgan fingerprint density at radius 3 is 2.60 bits per heavy atom. The van der Waals surface area contributed by atoms with Gasteiger partial charge in [0.15, 0.2) is 11.6 Å². The molecule has 1 aromatic carbocycles. The van der Waals surface area contributed by atoms with Crippen LogP contribution in [0.2, 0.25) is 0 Å². The molecule has 0 aliphatic rings. The van der Waals surface area contributed by atoms with Gasteiger partial charge in [-0.1, -0.05) is 15.9 Å². The van der Waals surface area contributed by atoms with E-state index in [-0.39, 0.29) is 10.9 Å². The van der Waals surface area contributed by atoms with Crippen LogP contribution >= 0.6 is 15.9 Å². The second kappa shape index (κ2) is 6.02. The first kappa shape index (κ1) is 12.4. The summed E-state index contributed by atoms with van der Waals surface area (Å²) in [4.78, 5) is 0. The van der Waals surface area contributed by atoms with Crippen LogP contribution in [0, 0.1) is 11.6 Å². The third kappa shape index (κ3) is 3.14. The molecule has 0 aliphatic heterocycles. The maximum absolute atomic E-state index is 13.3. The van der Waals surface area contributed by atoms with Crippen molar-refractivity contribution in [3.05, 3.63) is 29.3 Å². The molecule has 0 bridgehead atoms. The van der Waals surface area contributed by atoms with E-state index >= 15 is 0 Å². The maximum Gasteiger partial charge on any atom is 0.166 e. The minimum atomic E-state index is -0.873. The second-order valence-electron chi connectivity index (χ2n) is 2.81. The summed E-state index contributed by atoms with van der Waals surface area (Å²) >= 11 is 3.08. The number of rotatable bonds is 5. The minimum Gasteiger partial charge on any atom is -0.491 e. The van der Waals surface area contributed by atoms with Crippen LogP contribution < -0.4 is 4.74 Å². The Balaban J connectivity index is 2.83. The summed E-state index contributed by atoms with van der Waals surface area (Å²) in [6.45, 7) is 0.711. The number of alkyl halides is 1. The molecule has 1 aromatic rings. The van der Waals surface area contributed by atoms with Gasteiger partial charge in [-0.2, -0.15) is 0 Å². The molecular formula is C10H11BrF2O2. The number of hydrogen-bond donors (Lipinski definition) is 0. The molecule has 1 rings (SSSR count). The molecular weight excluding hydrogens is 270 g/mol. The average Bonchev–Trinajstić information content (AvgIpc) is 2.24. The predicted molar refractivity (Wildman–Crippen MR) is 56.4 cm³/mol. The smallest absolute Gasteiger partial charge is 0.166 e. The van der Waals surface area contributed by atoms with Gasteiger partial charge in [0.05, 0.1) is 6.61 Å². The van der Waals surface area contributed by atoms with Crippen molar-refractivity contribution in [2.24, 2.45) is 0 Å². The molecule has 0 aliphatic carbocycles. The molecule has 0 atom stereocenters. The fourth-order valence-corrected chi connectivity index (χ4v) is 1.59. The Bertz CT molecular complexity index is 331. The van der Waals surface area contributed by atoms with Crippen LogP contribution in [0.3, 0.4) is 0 Å². The van der Waals surface area contributed by atoms with Gasteiger partial charge in [-0.3, -0.25) is 0 Å². The Morgan fingerprint density at radius 1 is 1.27 bits per heavy atom. The molecule has 0 amide bonds. The van der Waals surface area contributed by atoms with E-state index in [4.69, 9.17) is 9.47 Å². The number of benzene rings is 1. The first-order valence-electron chi connectivity index (χ1n) is 4.35. The second-order valence-corrected chi connectivity index (χ2v) is 3.37. The molecule has 0 N–H and O–H groups in total. The third-order valence-corrected chi connectivity index (χ3v) is 2.39. The highest BCUT2D eigenvalue weighted by atomic mass is 79.9. The first-order valence-corrected chi connectivity index (χ1v) is 5.47. The highest BCUT2D eigenvalue weighted by Gasteiger charge is 2.13. The zero-order valence-corrected chi connectivity index (χ0v) is 9.81. The molecule has 2 nitrogen and oxygen atoms in total. The maximum atomic E-state index is 13.3. The van der Waals surface area contributed by atoms with Crippen LogP contribution in [0.25, 0.3) is 0 Å². The highest BCUT2D eigenvalue weighted by molar-refractivity contribution is 9.08. The SMILES string of the molecule is COCCOc1ccc(F)c(F)c1CBr. The van der Waals surface area contributed by atoms with Crippen molar-refractivity contribution in [2.45, 2.75) is 5.33 Å². The standard InChI is InChI=1S/C10H11BrF2O2/c1-14-4-5-15-9-3-2-8(12)10(13)7(9)6-11/h2-3H,4-6H2,1H3. The summed E-state index contributed by atoms with van der Waals surface area (Å²) in [5.74, 6) is -1.41. The van der Waals surface area contributed by atoms with Crippen LogP contribution in [0.15, 0.2) is 12.1 Å². The summed E-state index contributed by atoms with van der Waals surface area (Å²) in [6, 6.07) is 2.45. The minimum absolute atomic E-state index is 0.186. The quantitative estimate of drug-likeness (QED) is 0.610. The topological polar surface area (TPSA) is 18.5 Å². The molecule has 15 heavy (non-hydrogen) atoms. The van der Waals surface area contributed by atoms with Gasteiger partial charge in [-0.15, -0.1) is 0 Å². The molecule has 0 saturated heterocycles. The van der Waals surface area contributed by atoms with Crippen LogP contribution in [0.4, 0.5) is 8.78 Å².